The lowest BCUT2D eigenvalue weighted by Gasteiger charge is -2.11. The first-order valence-corrected chi connectivity index (χ1v) is 9.87. The lowest BCUT2D eigenvalue weighted by molar-refractivity contribution is 0.0942. The molecule has 2 amide bonds. The van der Waals surface area contributed by atoms with E-state index in [9.17, 15) is 9.59 Å². The van der Waals surface area contributed by atoms with Crippen molar-refractivity contribution >= 4 is 22.8 Å². The first-order valence-electron chi connectivity index (χ1n) is 9.87. The molecule has 0 radical (unpaired) electrons. The molecule has 0 unspecified atom stereocenters. The maximum absolute atomic E-state index is 12.9. The van der Waals surface area contributed by atoms with Gasteiger partial charge < -0.3 is 15.5 Å². The first kappa shape index (κ1) is 21.4. The summed E-state index contributed by atoms with van der Waals surface area (Å²) >= 11 is 0. The summed E-state index contributed by atoms with van der Waals surface area (Å²) in [5.74, 6) is -0.277. The van der Waals surface area contributed by atoms with E-state index in [0.29, 0.717) is 29.9 Å². The van der Waals surface area contributed by atoms with Crippen molar-refractivity contribution in [3.05, 3.63) is 58.4 Å². The Kier molecular flexibility index (Phi) is 6.47. The van der Waals surface area contributed by atoms with Crippen LogP contribution in [0.25, 0.3) is 11.0 Å². The monoisotopic (exact) mass is 408 g/mol. The van der Waals surface area contributed by atoms with Gasteiger partial charge in [0.15, 0.2) is 5.65 Å². The van der Waals surface area contributed by atoms with Gasteiger partial charge in [-0.2, -0.15) is 5.10 Å². The molecular formula is C22H28N6O2. The van der Waals surface area contributed by atoms with E-state index in [2.05, 4.69) is 20.7 Å². The number of rotatable bonds is 7. The Morgan fingerprint density at radius 3 is 2.43 bits per heavy atom. The molecule has 0 spiro atoms. The molecule has 8 nitrogen and oxygen atoms in total. The Morgan fingerprint density at radius 2 is 1.77 bits per heavy atom. The highest BCUT2D eigenvalue weighted by Gasteiger charge is 2.17. The second kappa shape index (κ2) is 9.04. The number of likely N-dealkylation sites (N-methyl/N-ethyl adjacent to an activating group) is 1. The Bertz CT molecular complexity index is 1070. The number of benzene rings is 1. The quantitative estimate of drug-likeness (QED) is 0.622. The van der Waals surface area contributed by atoms with E-state index in [4.69, 9.17) is 0 Å². The number of hydrogen-bond acceptors (Lipinski definition) is 5. The molecule has 158 valence electrons. The van der Waals surface area contributed by atoms with Gasteiger partial charge in [-0.1, -0.05) is 12.1 Å². The molecule has 2 aromatic heterocycles. The molecule has 30 heavy (non-hydrogen) atoms. The summed E-state index contributed by atoms with van der Waals surface area (Å²) < 4.78 is 1.69. The lowest BCUT2D eigenvalue weighted by Crippen LogP contribution is -2.31. The Morgan fingerprint density at radius 1 is 1.07 bits per heavy atom. The predicted molar refractivity (Wildman–Crippen MR) is 116 cm³/mol. The number of nitrogens with one attached hydrogen (secondary N) is 2. The van der Waals surface area contributed by atoms with Crippen molar-refractivity contribution in [2.24, 2.45) is 7.05 Å². The molecule has 3 aromatic rings. The van der Waals surface area contributed by atoms with Crippen LogP contribution in [-0.2, 0) is 13.6 Å². The van der Waals surface area contributed by atoms with Crippen LogP contribution in [0, 0.1) is 13.8 Å². The minimum Gasteiger partial charge on any atom is -0.351 e. The zero-order chi connectivity index (χ0) is 21.8. The first-order chi connectivity index (χ1) is 14.3. The smallest absolute Gasteiger partial charge is 0.252 e. The zero-order valence-corrected chi connectivity index (χ0v) is 18.1. The van der Waals surface area contributed by atoms with Crippen LogP contribution in [0.4, 0.5) is 0 Å². The summed E-state index contributed by atoms with van der Waals surface area (Å²) in [5.41, 5.74) is 4.32. The Hall–Kier alpha value is -3.26. The highest BCUT2D eigenvalue weighted by molar-refractivity contribution is 6.06. The number of hydrogen-bond donors (Lipinski definition) is 2. The normalized spacial score (nSPS) is 11.1. The number of nitrogens with zero attached hydrogens (tertiary/aromatic N) is 4. The van der Waals surface area contributed by atoms with Crippen molar-refractivity contribution < 1.29 is 9.59 Å². The molecule has 0 bridgehead atoms. The third kappa shape index (κ3) is 4.83. The van der Waals surface area contributed by atoms with Gasteiger partial charge in [0.2, 0.25) is 0 Å². The van der Waals surface area contributed by atoms with Crippen molar-refractivity contribution in [3.8, 4) is 0 Å². The lowest BCUT2D eigenvalue weighted by atomic mass is 10.1. The van der Waals surface area contributed by atoms with Crippen molar-refractivity contribution in [1.82, 2.24) is 30.3 Å². The third-order valence-corrected chi connectivity index (χ3v) is 4.86. The van der Waals surface area contributed by atoms with Gasteiger partial charge in [-0.05, 0) is 51.7 Å². The van der Waals surface area contributed by atoms with E-state index in [1.54, 1.807) is 22.9 Å². The topological polar surface area (TPSA) is 92.2 Å². The Balaban J connectivity index is 1.66. The van der Waals surface area contributed by atoms with Crippen LogP contribution in [0.5, 0.6) is 0 Å². The molecule has 0 aliphatic heterocycles. The van der Waals surface area contributed by atoms with Gasteiger partial charge in [-0.3, -0.25) is 14.3 Å². The predicted octanol–water partition coefficient (Wildman–Crippen LogP) is 1.81. The molecule has 2 N–H and O–H groups in total. The Labute approximate surface area is 176 Å². The number of carbonyl (C=O) groups is 2. The standard InChI is InChI=1S/C22H28N6O2/c1-14-12-18(19-15(2)26-28(5)20(19)25-14)22(30)24-13-16-6-8-17(9-7-16)21(29)23-10-11-27(3)4/h6-9,12H,10-11,13H2,1-5H3,(H,23,29)(H,24,30). The summed E-state index contributed by atoms with van der Waals surface area (Å²) in [6.07, 6.45) is 0. The second-order valence-electron chi connectivity index (χ2n) is 7.66. The van der Waals surface area contributed by atoms with E-state index in [-0.39, 0.29) is 11.8 Å². The third-order valence-electron chi connectivity index (χ3n) is 4.86. The second-order valence-corrected chi connectivity index (χ2v) is 7.66. The van der Waals surface area contributed by atoms with Gasteiger partial charge in [0, 0.05) is 37.9 Å². The molecule has 3 rings (SSSR count). The highest BCUT2D eigenvalue weighted by Crippen LogP contribution is 2.21. The average Bonchev–Trinajstić information content (AvgIpc) is 2.99. The van der Waals surface area contributed by atoms with E-state index in [1.807, 2.05) is 52.0 Å². The fraction of sp³-hybridized carbons (Fsp3) is 0.364. The molecule has 0 atom stereocenters. The largest absolute Gasteiger partial charge is 0.351 e. The SMILES string of the molecule is Cc1cc(C(=O)NCc2ccc(C(=O)NCCN(C)C)cc2)c2c(C)nn(C)c2n1. The molecule has 0 aliphatic carbocycles. The highest BCUT2D eigenvalue weighted by atomic mass is 16.2. The van der Waals surface area contributed by atoms with Crippen LogP contribution in [0.2, 0.25) is 0 Å². The van der Waals surface area contributed by atoms with Gasteiger partial charge in [0.05, 0.1) is 16.6 Å². The minimum absolute atomic E-state index is 0.103. The van der Waals surface area contributed by atoms with E-state index in [1.165, 1.54) is 0 Å². The maximum atomic E-state index is 12.9. The van der Waals surface area contributed by atoms with Crippen molar-refractivity contribution in [2.45, 2.75) is 20.4 Å². The summed E-state index contributed by atoms with van der Waals surface area (Å²) in [6, 6.07) is 9.03. The summed E-state index contributed by atoms with van der Waals surface area (Å²) in [6.45, 7) is 5.48. The van der Waals surface area contributed by atoms with Crippen LogP contribution in [0.1, 0.15) is 37.7 Å². The average molecular weight is 409 g/mol. The van der Waals surface area contributed by atoms with Gasteiger partial charge in [-0.25, -0.2) is 4.98 Å². The minimum atomic E-state index is -0.174. The molecule has 0 aliphatic rings. The van der Waals surface area contributed by atoms with E-state index in [0.717, 1.165) is 28.9 Å². The number of amides is 2. The summed E-state index contributed by atoms with van der Waals surface area (Å²) in [4.78, 5) is 31.5. The summed E-state index contributed by atoms with van der Waals surface area (Å²) in [7, 11) is 5.74. The van der Waals surface area contributed by atoms with Crippen LogP contribution < -0.4 is 10.6 Å². The zero-order valence-electron chi connectivity index (χ0n) is 18.1. The van der Waals surface area contributed by atoms with Crippen LogP contribution >= 0.6 is 0 Å². The van der Waals surface area contributed by atoms with Gasteiger partial charge in [-0.15, -0.1) is 0 Å². The number of pyridine rings is 1. The van der Waals surface area contributed by atoms with Crippen molar-refractivity contribution in [2.75, 3.05) is 27.2 Å². The van der Waals surface area contributed by atoms with Gasteiger partial charge in [0.25, 0.3) is 11.8 Å². The van der Waals surface area contributed by atoms with Crippen LogP contribution in [0.3, 0.4) is 0 Å². The number of aromatic nitrogens is 3. The van der Waals surface area contributed by atoms with Crippen LogP contribution in [-0.4, -0.2) is 58.7 Å². The van der Waals surface area contributed by atoms with Gasteiger partial charge in [0.1, 0.15) is 0 Å². The fourth-order valence-electron chi connectivity index (χ4n) is 3.30. The fourth-order valence-corrected chi connectivity index (χ4v) is 3.30. The maximum Gasteiger partial charge on any atom is 0.252 e. The van der Waals surface area contributed by atoms with Crippen LogP contribution in [0.15, 0.2) is 30.3 Å². The number of carbonyl (C=O) groups excluding carboxylic acids is 2. The van der Waals surface area contributed by atoms with E-state index >= 15 is 0 Å². The van der Waals surface area contributed by atoms with Crippen molar-refractivity contribution in [3.63, 3.8) is 0 Å². The molecule has 1 aromatic carbocycles. The van der Waals surface area contributed by atoms with Crippen molar-refractivity contribution in [1.29, 1.82) is 0 Å². The molecule has 8 heteroatoms. The van der Waals surface area contributed by atoms with E-state index < -0.39 is 0 Å². The molecule has 0 saturated carbocycles. The van der Waals surface area contributed by atoms with Gasteiger partial charge >= 0.3 is 0 Å². The molecular weight excluding hydrogens is 380 g/mol. The number of fused-ring (bicyclic) bond motifs is 1. The summed E-state index contributed by atoms with van der Waals surface area (Å²) in [5, 5.41) is 11.0. The number of aryl methyl sites for hydroxylation is 3. The molecule has 0 saturated heterocycles. The molecule has 2 heterocycles. The molecule has 0 fully saturated rings.